The quantitative estimate of drug-likeness (QED) is 0.889. The van der Waals surface area contributed by atoms with Gasteiger partial charge >= 0.3 is 6.18 Å². The van der Waals surface area contributed by atoms with Gasteiger partial charge in [-0.25, -0.2) is 0 Å². The summed E-state index contributed by atoms with van der Waals surface area (Å²) in [6, 6.07) is 6.10. The van der Waals surface area contributed by atoms with Gasteiger partial charge in [0.2, 0.25) is 0 Å². The molecule has 0 saturated heterocycles. The van der Waals surface area contributed by atoms with Crippen LogP contribution in [0.1, 0.15) is 42.9 Å². The summed E-state index contributed by atoms with van der Waals surface area (Å²) in [6.07, 6.45) is 0.599. The number of halogens is 3. The number of nitrogens with zero attached hydrogens (tertiary/aromatic N) is 1. The zero-order valence-electron chi connectivity index (χ0n) is 12.6. The van der Waals surface area contributed by atoms with Gasteiger partial charge in [0.15, 0.2) is 0 Å². The maximum Gasteiger partial charge on any atom is 0.416 e. The molecule has 0 aromatic heterocycles. The summed E-state index contributed by atoms with van der Waals surface area (Å²) in [6.45, 7) is 0.725. The summed E-state index contributed by atoms with van der Waals surface area (Å²) < 4.78 is 38.4. The van der Waals surface area contributed by atoms with Gasteiger partial charge in [0, 0.05) is 18.6 Å². The van der Waals surface area contributed by atoms with Crippen LogP contribution in [0.4, 0.5) is 13.2 Å². The topological polar surface area (TPSA) is 15.3 Å². The van der Waals surface area contributed by atoms with E-state index >= 15 is 0 Å². The van der Waals surface area contributed by atoms with Crippen molar-refractivity contribution in [1.82, 2.24) is 10.2 Å². The molecule has 0 amide bonds. The molecule has 0 bridgehead atoms. The van der Waals surface area contributed by atoms with Crippen molar-refractivity contribution >= 4 is 0 Å². The van der Waals surface area contributed by atoms with Crippen LogP contribution < -0.4 is 5.32 Å². The summed E-state index contributed by atoms with van der Waals surface area (Å²) in [5, 5.41) is 3.14. The molecule has 1 fully saturated rings. The second-order valence-electron chi connectivity index (χ2n) is 5.84. The fourth-order valence-corrected chi connectivity index (χ4v) is 3.08. The Morgan fingerprint density at radius 1 is 1.29 bits per heavy atom. The third-order valence-electron chi connectivity index (χ3n) is 4.38. The van der Waals surface area contributed by atoms with Crippen LogP contribution in [0.2, 0.25) is 0 Å². The molecule has 1 aliphatic rings. The molecule has 21 heavy (non-hydrogen) atoms. The monoisotopic (exact) mass is 300 g/mol. The number of hydrogen-bond acceptors (Lipinski definition) is 2. The molecule has 1 atom stereocenters. The van der Waals surface area contributed by atoms with E-state index in [9.17, 15) is 13.2 Å². The van der Waals surface area contributed by atoms with Gasteiger partial charge in [-0.15, -0.1) is 0 Å². The Balaban J connectivity index is 2.09. The number of likely N-dealkylation sites (N-methyl/N-ethyl adjacent to an activating group) is 2. The van der Waals surface area contributed by atoms with Gasteiger partial charge in [-0.1, -0.05) is 25.0 Å². The number of hydrogen-bond donors (Lipinski definition) is 1. The van der Waals surface area contributed by atoms with Crippen LogP contribution in [0.5, 0.6) is 0 Å². The molecule has 0 aliphatic heterocycles. The van der Waals surface area contributed by atoms with Crippen LogP contribution in [0.15, 0.2) is 24.3 Å². The molecule has 1 aromatic rings. The first-order chi connectivity index (χ1) is 9.91. The van der Waals surface area contributed by atoms with E-state index in [1.807, 2.05) is 0 Å². The first-order valence-electron chi connectivity index (χ1n) is 7.46. The highest BCUT2D eigenvalue weighted by molar-refractivity contribution is 5.28. The minimum Gasteiger partial charge on any atom is -0.312 e. The lowest BCUT2D eigenvalue weighted by molar-refractivity contribution is -0.137. The molecule has 118 valence electrons. The molecule has 1 aliphatic carbocycles. The first kappa shape index (κ1) is 16.3. The number of nitrogens with one attached hydrogen (secondary N) is 1. The third-order valence-corrected chi connectivity index (χ3v) is 4.38. The summed E-state index contributed by atoms with van der Waals surface area (Å²) >= 11 is 0. The molecule has 0 spiro atoms. The average molecular weight is 300 g/mol. The molecule has 5 heteroatoms. The van der Waals surface area contributed by atoms with E-state index in [1.165, 1.54) is 37.8 Å². The molecule has 1 unspecified atom stereocenters. The standard InChI is InChI=1S/C16H23F3N2/c1-20-15(11-21(2)14-8-3-4-9-14)12-6-5-7-13(10-12)16(17,18)19/h5-7,10,14-15,20H,3-4,8-9,11H2,1-2H3. The van der Waals surface area contributed by atoms with Gasteiger partial charge in [-0.2, -0.15) is 13.2 Å². The first-order valence-corrected chi connectivity index (χ1v) is 7.46. The van der Waals surface area contributed by atoms with Gasteiger partial charge in [0.1, 0.15) is 0 Å². The Hall–Kier alpha value is -1.07. The molecule has 1 saturated carbocycles. The highest BCUT2D eigenvalue weighted by Crippen LogP contribution is 2.31. The number of rotatable bonds is 5. The minimum atomic E-state index is -4.29. The van der Waals surface area contributed by atoms with E-state index in [0.29, 0.717) is 11.6 Å². The van der Waals surface area contributed by atoms with Crippen LogP contribution in [0.3, 0.4) is 0 Å². The van der Waals surface area contributed by atoms with Gasteiger partial charge in [0.05, 0.1) is 5.56 Å². The predicted molar refractivity (Wildman–Crippen MR) is 78.1 cm³/mol. The van der Waals surface area contributed by atoms with Crippen molar-refractivity contribution in [2.24, 2.45) is 0 Å². The Morgan fingerprint density at radius 3 is 2.52 bits per heavy atom. The van der Waals surface area contributed by atoms with Crippen LogP contribution in [-0.2, 0) is 6.18 Å². The molecular formula is C16H23F3N2. The molecule has 1 N–H and O–H groups in total. The molecular weight excluding hydrogens is 277 g/mol. The van der Waals surface area contributed by atoms with E-state index in [0.717, 1.165) is 12.6 Å². The lowest BCUT2D eigenvalue weighted by atomic mass is 10.0. The normalized spacial score (nSPS) is 18.4. The maximum absolute atomic E-state index is 12.8. The van der Waals surface area contributed by atoms with Crippen molar-refractivity contribution in [2.45, 2.75) is 43.9 Å². The Labute approximate surface area is 124 Å². The highest BCUT2D eigenvalue weighted by atomic mass is 19.4. The summed E-state index contributed by atoms with van der Waals surface area (Å²) in [5.74, 6) is 0. The van der Waals surface area contributed by atoms with Crippen LogP contribution in [0, 0.1) is 0 Å². The summed E-state index contributed by atoms with van der Waals surface area (Å²) in [5.41, 5.74) is 0.112. The van der Waals surface area contributed by atoms with E-state index in [4.69, 9.17) is 0 Å². The largest absolute Gasteiger partial charge is 0.416 e. The Kier molecular flexibility index (Phi) is 5.27. The molecule has 0 heterocycles. The van der Waals surface area contributed by atoms with Gasteiger partial charge in [0.25, 0.3) is 0 Å². The molecule has 2 rings (SSSR count). The van der Waals surface area contributed by atoms with Crippen LogP contribution in [-0.4, -0.2) is 31.6 Å². The van der Waals surface area contributed by atoms with Gasteiger partial charge < -0.3 is 10.2 Å². The van der Waals surface area contributed by atoms with Crippen LogP contribution in [0.25, 0.3) is 0 Å². The minimum absolute atomic E-state index is 0.0853. The van der Waals surface area contributed by atoms with E-state index in [2.05, 4.69) is 17.3 Å². The van der Waals surface area contributed by atoms with Gasteiger partial charge in [-0.05, 0) is 44.6 Å². The van der Waals surface area contributed by atoms with Crippen molar-refractivity contribution in [3.05, 3.63) is 35.4 Å². The van der Waals surface area contributed by atoms with E-state index in [-0.39, 0.29) is 6.04 Å². The Morgan fingerprint density at radius 2 is 1.95 bits per heavy atom. The molecule has 1 aromatic carbocycles. The summed E-state index contributed by atoms with van der Waals surface area (Å²) in [4.78, 5) is 2.27. The second kappa shape index (κ2) is 6.79. The van der Waals surface area contributed by atoms with E-state index < -0.39 is 11.7 Å². The third kappa shape index (κ3) is 4.20. The molecule has 2 nitrogen and oxygen atoms in total. The SMILES string of the molecule is CNC(CN(C)C1CCCC1)c1cccc(C(F)(F)F)c1. The maximum atomic E-state index is 12.8. The van der Waals surface area contributed by atoms with Crippen molar-refractivity contribution in [3.63, 3.8) is 0 Å². The fraction of sp³-hybridized carbons (Fsp3) is 0.625. The zero-order chi connectivity index (χ0) is 15.5. The Bertz CT molecular complexity index is 453. The zero-order valence-corrected chi connectivity index (χ0v) is 12.6. The highest BCUT2D eigenvalue weighted by Gasteiger charge is 2.31. The lowest BCUT2D eigenvalue weighted by Gasteiger charge is -2.29. The van der Waals surface area contributed by atoms with Crippen molar-refractivity contribution in [3.8, 4) is 0 Å². The lowest BCUT2D eigenvalue weighted by Crippen LogP contribution is -2.36. The number of benzene rings is 1. The van der Waals surface area contributed by atoms with Crippen molar-refractivity contribution in [1.29, 1.82) is 0 Å². The van der Waals surface area contributed by atoms with Crippen LogP contribution >= 0.6 is 0 Å². The van der Waals surface area contributed by atoms with Crippen molar-refractivity contribution < 1.29 is 13.2 Å². The second-order valence-corrected chi connectivity index (χ2v) is 5.84. The van der Waals surface area contributed by atoms with E-state index in [1.54, 1.807) is 13.1 Å². The van der Waals surface area contributed by atoms with Gasteiger partial charge in [-0.3, -0.25) is 0 Å². The number of alkyl halides is 3. The summed E-state index contributed by atoms with van der Waals surface area (Å²) in [7, 11) is 3.86. The average Bonchev–Trinajstić information content (AvgIpc) is 2.98. The van der Waals surface area contributed by atoms with Crippen molar-refractivity contribution in [2.75, 3.05) is 20.6 Å². The smallest absolute Gasteiger partial charge is 0.312 e. The molecule has 0 radical (unpaired) electrons. The predicted octanol–water partition coefficient (Wildman–Crippen LogP) is 3.84. The fourth-order valence-electron chi connectivity index (χ4n) is 3.08.